The molecule has 254 valence electrons. The third-order valence-corrected chi connectivity index (χ3v) is 11.6. The minimum Gasteiger partial charge on any atom is -0.456 e. The quantitative estimate of drug-likeness (QED) is 0.170. The van der Waals surface area contributed by atoms with E-state index in [2.05, 4.69) is 70.1 Å². The van der Waals surface area contributed by atoms with Gasteiger partial charge in [0.15, 0.2) is 5.82 Å². The maximum Gasteiger partial charge on any atom is 0.211 e. The van der Waals surface area contributed by atoms with E-state index in [1.165, 1.54) is 20.2 Å². The van der Waals surface area contributed by atoms with Gasteiger partial charge >= 0.3 is 0 Å². The Morgan fingerprint density at radius 2 is 1.27 bits per heavy atom. The predicted octanol–water partition coefficient (Wildman–Crippen LogP) is 13.3. The molecule has 0 aliphatic heterocycles. The molecule has 7 aromatic carbocycles. The van der Waals surface area contributed by atoms with Crippen molar-refractivity contribution >= 4 is 80.9 Å². The van der Waals surface area contributed by atoms with Crippen LogP contribution in [0, 0.1) is 17.9 Å². The summed E-state index contributed by atoms with van der Waals surface area (Å²) in [6.07, 6.45) is 0. The highest BCUT2D eigenvalue weighted by atomic mass is 32.1. The molecule has 0 amide bonds. The van der Waals surface area contributed by atoms with Crippen molar-refractivity contribution in [1.82, 2.24) is 14.5 Å². The zero-order chi connectivity index (χ0) is 36.6. The second-order valence-electron chi connectivity index (χ2n) is 13.5. The molecule has 0 aliphatic carbocycles. The third-order valence-electron chi connectivity index (χ3n) is 10.5. The van der Waals surface area contributed by atoms with Gasteiger partial charge in [-0.05, 0) is 60.2 Å². The van der Waals surface area contributed by atoms with E-state index in [4.69, 9.17) is 21.0 Å². The van der Waals surface area contributed by atoms with E-state index in [0.29, 0.717) is 34.0 Å². The normalized spacial score (nSPS) is 11.6. The SMILES string of the molecule is [C-]#[N+]c1cc(-c2nc(-c3ccc4c(c3)oc3ccccc34)nc(-c3ccccc3)c2C#N)ccc1-n1c2ccccc2c2cc3c(cc21)sc1ccccc13. The fourth-order valence-electron chi connectivity index (χ4n) is 7.97. The van der Waals surface area contributed by atoms with E-state index in [1.807, 2.05) is 97.1 Å². The second-order valence-corrected chi connectivity index (χ2v) is 14.6. The summed E-state index contributed by atoms with van der Waals surface area (Å²) in [5.41, 5.74) is 8.34. The molecule has 0 radical (unpaired) electrons. The summed E-state index contributed by atoms with van der Waals surface area (Å²) in [6.45, 7) is 8.45. The van der Waals surface area contributed by atoms with Gasteiger partial charge in [-0.2, -0.15) is 5.26 Å². The van der Waals surface area contributed by atoms with Crippen molar-refractivity contribution < 1.29 is 4.42 Å². The lowest BCUT2D eigenvalue weighted by Gasteiger charge is -2.15. The topological polar surface area (TPSA) is 72.0 Å². The molecule has 0 atom stereocenters. The van der Waals surface area contributed by atoms with Gasteiger partial charge in [0.25, 0.3) is 0 Å². The van der Waals surface area contributed by atoms with E-state index in [1.54, 1.807) is 11.3 Å². The van der Waals surface area contributed by atoms with Crippen LogP contribution in [-0.2, 0) is 0 Å². The van der Waals surface area contributed by atoms with Crippen LogP contribution in [0.1, 0.15) is 5.56 Å². The van der Waals surface area contributed by atoms with Crippen LogP contribution < -0.4 is 0 Å². The Balaban J connectivity index is 1.13. The van der Waals surface area contributed by atoms with Crippen molar-refractivity contribution in [1.29, 1.82) is 5.26 Å². The zero-order valence-electron chi connectivity index (χ0n) is 29.0. The molecule has 4 heterocycles. The predicted molar refractivity (Wildman–Crippen MR) is 224 cm³/mol. The number of rotatable bonds is 4. The summed E-state index contributed by atoms with van der Waals surface area (Å²) in [5.74, 6) is 0.457. The number of fused-ring (bicyclic) bond motifs is 9. The molecule has 0 saturated carbocycles. The Hall–Kier alpha value is -7.58. The summed E-state index contributed by atoms with van der Waals surface area (Å²) >= 11 is 1.78. The van der Waals surface area contributed by atoms with E-state index >= 15 is 0 Å². The molecule has 0 aliphatic rings. The Labute approximate surface area is 318 Å². The number of hydrogen-bond donors (Lipinski definition) is 0. The molecule has 11 rings (SSSR count). The van der Waals surface area contributed by atoms with Gasteiger partial charge in [-0.3, -0.25) is 0 Å². The molecule has 0 N–H and O–H groups in total. The summed E-state index contributed by atoms with van der Waals surface area (Å²) in [6, 6.07) is 53.3. The van der Waals surface area contributed by atoms with Gasteiger partial charge in [0.2, 0.25) is 5.69 Å². The van der Waals surface area contributed by atoms with Gasteiger partial charge < -0.3 is 8.98 Å². The van der Waals surface area contributed by atoms with Crippen molar-refractivity contribution in [3.63, 3.8) is 0 Å². The number of para-hydroxylation sites is 2. The number of furan rings is 1. The van der Waals surface area contributed by atoms with Crippen molar-refractivity contribution in [2.24, 2.45) is 0 Å². The summed E-state index contributed by atoms with van der Waals surface area (Å²) in [4.78, 5) is 14.2. The molecule has 55 heavy (non-hydrogen) atoms. The Kier molecular flexibility index (Phi) is 6.75. The summed E-state index contributed by atoms with van der Waals surface area (Å²) < 4.78 is 10.9. The number of nitriles is 1. The maximum absolute atomic E-state index is 10.7. The Morgan fingerprint density at radius 3 is 2.11 bits per heavy atom. The average molecular weight is 720 g/mol. The monoisotopic (exact) mass is 719 g/mol. The van der Waals surface area contributed by atoms with Gasteiger partial charge in [0, 0.05) is 52.8 Å². The van der Waals surface area contributed by atoms with Crippen molar-refractivity contribution in [2.45, 2.75) is 0 Å². The van der Waals surface area contributed by atoms with Crippen LogP contribution >= 0.6 is 11.3 Å². The first-order valence-electron chi connectivity index (χ1n) is 17.8. The fraction of sp³-hybridized carbons (Fsp3) is 0. The van der Waals surface area contributed by atoms with Crippen LogP contribution in [0.4, 0.5) is 5.69 Å². The van der Waals surface area contributed by atoms with Crippen molar-refractivity contribution in [2.75, 3.05) is 0 Å². The molecule has 0 unspecified atom stereocenters. The van der Waals surface area contributed by atoms with Gasteiger partial charge in [0.1, 0.15) is 22.8 Å². The molecule has 0 fully saturated rings. The van der Waals surface area contributed by atoms with Crippen LogP contribution in [-0.4, -0.2) is 14.5 Å². The number of aromatic nitrogens is 3. The lowest BCUT2D eigenvalue weighted by Crippen LogP contribution is -2.01. The number of hydrogen-bond acceptors (Lipinski definition) is 5. The maximum atomic E-state index is 10.7. The number of thiophene rings is 1. The van der Waals surface area contributed by atoms with Crippen molar-refractivity contribution in [3.8, 4) is 45.7 Å². The first-order valence-corrected chi connectivity index (χ1v) is 18.6. The highest BCUT2D eigenvalue weighted by Gasteiger charge is 2.22. The third kappa shape index (κ3) is 4.71. The standard InChI is InChI=1S/C48H25N5OS/c1-50-38-23-29(20-22-40(38)53-39-16-8-5-13-31(39)35-25-36-34-15-7-10-18-44(34)55-45(36)26-41(35)53)47-37(27-49)46(28-11-3-2-4-12-28)51-48(52-47)30-19-21-33-32-14-6-9-17-42(32)54-43(33)24-30/h2-26H. The largest absolute Gasteiger partial charge is 0.456 e. The summed E-state index contributed by atoms with van der Waals surface area (Å²) in [7, 11) is 0. The van der Waals surface area contributed by atoms with Crippen LogP contribution in [0.5, 0.6) is 0 Å². The summed E-state index contributed by atoms with van der Waals surface area (Å²) in [5, 5.41) is 17.5. The molecule has 0 saturated heterocycles. The molecule has 0 spiro atoms. The van der Waals surface area contributed by atoms with Crippen LogP contribution in [0.15, 0.2) is 156 Å². The second kappa shape index (κ2) is 12.0. The fourth-order valence-corrected chi connectivity index (χ4v) is 9.09. The van der Waals surface area contributed by atoms with E-state index < -0.39 is 0 Å². The molecule has 7 heteroatoms. The lowest BCUT2D eigenvalue weighted by atomic mass is 9.99. The van der Waals surface area contributed by atoms with Crippen LogP contribution in [0.25, 0.3) is 108 Å². The molecule has 4 aromatic heterocycles. The van der Waals surface area contributed by atoms with Gasteiger partial charge in [0.05, 0.1) is 34.7 Å². The van der Waals surface area contributed by atoms with Crippen LogP contribution in [0.3, 0.4) is 0 Å². The molecule has 11 aromatic rings. The molecular weight excluding hydrogens is 695 g/mol. The van der Waals surface area contributed by atoms with E-state index in [9.17, 15) is 5.26 Å². The molecular formula is C48H25N5OS. The highest BCUT2D eigenvalue weighted by molar-refractivity contribution is 7.25. The zero-order valence-corrected chi connectivity index (χ0v) is 29.8. The minimum atomic E-state index is 0.340. The minimum absolute atomic E-state index is 0.340. The molecule has 6 nitrogen and oxygen atoms in total. The number of nitrogens with zero attached hydrogens (tertiary/aromatic N) is 5. The smallest absolute Gasteiger partial charge is 0.211 e. The molecule has 0 bridgehead atoms. The van der Waals surface area contributed by atoms with Gasteiger partial charge in [-0.25, -0.2) is 14.8 Å². The Bertz CT molecular complexity index is 3470. The highest BCUT2D eigenvalue weighted by Crippen LogP contribution is 2.43. The average Bonchev–Trinajstić information content (AvgIpc) is 3.91. The van der Waals surface area contributed by atoms with E-state index in [-0.39, 0.29) is 0 Å². The Morgan fingerprint density at radius 1 is 0.564 bits per heavy atom. The first-order chi connectivity index (χ1) is 27.2. The number of benzene rings is 7. The van der Waals surface area contributed by atoms with Gasteiger partial charge in [-0.1, -0.05) is 97.1 Å². The first kappa shape index (κ1) is 31.0. The van der Waals surface area contributed by atoms with Crippen LogP contribution in [0.2, 0.25) is 0 Å². The van der Waals surface area contributed by atoms with E-state index in [0.717, 1.165) is 60.6 Å². The lowest BCUT2D eigenvalue weighted by molar-refractivity contribution is 0.669. The van der Waals surface area contributed by atoms with Gasteiger partial charge in [-0.15, -0.1) is 11.3 Å². The van der Waals surface area contributed by atoms with Crippen molar-refractivity contribution in [3.05, 3.63) is 169 Å².